The molecular formula is C20H21ClF6N6O2. The Morgan fingerprint density at radius 3 is 2.23 bits per heavy atom. The number of hydrogen-bond acceptors (Lipinski definition) is 5. The Morgan fingerprint density at radius 2 is 1.66 bits per heavy atom. The number of alkyl halides is 6. The second-order valence-electron chi connectivity index (χ2n) is 8.73. The van der Waals surface area contributed by atoms with E-state index >= 15 is 0 Å². The average Bonchev–Trinajstić information content (AvgIpc) is 3.51. The van der Waals surface area contributed by atoms with Gasteiger partial charge in [-0.2, -0.15) is 36.5 Å². The van der Waals surface area contributed by atoms with E-state index in [1.807, 2.05) is 0 Å². The van der Waals surface area contributed by atoms with Gasteiger partial charge in [-0.05, 0) is 38.5 Å². The van der Waals surface area contributed by atoms with Crippen LogP contribution in [-0.4, -0.2) is 43.7 Å². The zero-order valence-electron chi connectivity index (χ0n) is 18.1. The topological polar surface area (TPSA) is 93.8 Å². The molecule has 15 heteroatoms. The van der Waals surface area contributed by atoms with Crippen molar-refractivity contribution in [3.8, 4) is 0 Å². The Balaban J connectivity index is 1.36. The molecule has 0 spiro atoms. The van der Waals surface area contributed by atoms with Crippen molar-refractivity contribution in [1.82, 2.24) is 24.9 Å². The molecule has 2 fully saturated rings. The SMILES string of the molecule is O=C(NC1CCC(Nc2cc(C(F)(F)F)c(=O)n(C3CC3)n2)CC1)c1cn(CC(F)(F)F)nc1Cl. The normalized spacial score (nSPS) is 21.1. The number of nitrogens with one attached hydrogen (secondary N) is 2. The molecule has 0 unspecified atom stereocenters. The lowest BCUT2D eigenvalue weighted by molar-refractivity contribution is -0.142. The lowest BCUT2D eigenvalue weighted by atomic mass is 9.91. The summed E-state index contributed by atoms with van der Waals surface area (Å²) in [6, 6.07) is -0.152. The molecule has 2 N–H and O–H groups in total. The van der Waals surface area contributed by atoms with Crippen LogP contribution < -0.4 is 16.2 Å². The van der Waals surface area contributed by atoms with Gasteiger partial charge in [-0.3, -0.25) is 14.3 Å². The highest BCUT2D eigenvalue weighted by molar-refractivity contribution is 6.32. The summed E-state index contributed by atoms with van der Waals surface area (Å²) in [5.74, 6) is -0.701. The fraction of sp³-hybridized carbons (Fsp3) is 0.600. The number of nitrogens with zero attached hydrogens (tertiary/aromatic N) is 4. The van der Waals surface area contributed by atoms with Crippen molar-refractivity contribution in [2.24, 2.45) is 0 Å². The molecule has 0 aromatic carbocycles. The first-order valence-electron chi connectivity index (χ1n) is 10.9. The fourth-order valence-electron chi connectivity index (χ4n) is 4.02. The molecule has 0 aliphatic heterocycles. The van der Waals surface area contributed by atoms with E-state index in [1.165, 1.54) is 0 Å². The van der Waals surface area contributed by atoms with Gasteiger partial charge in [-0.1, -0.05) is 11.6 Å². The molecular weight excluding hydrogens is 506 g/mol. The summed E-state index contributed by atoms with van der Waals surface area (Å²) in [4.78, 5) is 24.6. The molecule has 2 aliphatic rings. The van der Waals surface area contributed by atoms with E-state index in [2.05, 4.69) is 20.8 Å². The maximum absolute atomic E-state index is 13.3. The summed E-state index contributed by atoms with van der Waals surface area (Å²) in [7, 11) is 0. The molecule has 2 aliphatic carbocycles. The van der Waals surface area contributed by atoms with E-state index in [1.54, 1.807) is 0 Å². The van der Waals surface area contributed by atoms with Crippen molar-refractivity contribution in [1.29, 1.82) is 0 Å². The molecule has 0 radical (unpaired) electrons. The summed E-state index contributed by atoms with van der Waals surface area (Å²) in [5, 5.41) is 12.9. The third-order valence-corrected chi connectivity index (χ3v) is 6.13. The highest BCUT2D eigenvalue weighted by Crippen LogP contribution is 2.35. The van der Waals surface area contributed by atoms with E-state index in [0.717, 1.165) is 16.9 Å². The molecule has 0 saturated heterocycles. The predicted molar refractivity (Wildman–Crippen MR) is 112 cm³/mol. The lowest BCUT2D eigenvalue weighted by Gasteiger charge is -2.30. The van der Waals surface area contributed by atoms with Crippen LogP contribution in [0.25, 0.3) is 0 Å². The largest absolute Gasteiger partial charge is 0.421 e. The van der Waals surface area contributed by atoms with Crippen molar-refractivity contribution >= 4 is 23.3 Å². The van der Waals surface area contributed by atoms with Gasteiger partial charge in [-0.25, -0.2) is 4.68 Å². The molecule has 2 aromatic heterocycles. The van der Waals surface area contributed by atoms with Crippen molar-refractivity contribution in [2.45, 2.75) is 75.5 Å². The minimum atomic E-state index is -4.80. The lowest BCUT2D eigenvalue weighted by Crippen LogP contribution is -2.40. The first-order valence-corrected chi connectivity index (χ1v) is 11.3. The van der Waals surface area contributed by atoms with Crippen molar-refractivity contribution in [2.75, 3.05) is 5.32 Å². The van der Waals surface area contributed by atoms with Crippen LogP contribution in [0, 0.1) is 0 Å². The average molecular weight is 527 g/mol. The molecule has 0 atom stereocenters. The number of carbonyl (C=O) groups is 1. The molecule has 8 nitrogen and oxygen atoms in total. The van der Waals surface area contributed by atoms with Gasteiger partial charge in [0.15, 0.2) is 5.15 Å². The van der Waals surface area contributed by atoms with Gasteiger partial charge in [0, 0.05) is 24.3 Å². The van der Waals surface area contributed by atoms with Crippen LogP contribution in [0.15, 0.2) is 17.1 Å². The highest BCUT2D eigenvalue weighted by atomic mass is 35.5. The third-order valence-electron chi connectivity index (χ3n) is 5.85. The van der Waals surface area contributed by atoms with Gasteiger partial charge < -0.3 is 10.6 Å². The summed E-state index contributed by atoms with van der Waals surface area (Å²) in [5.41, 5.74) is -2.61. The van der Waals surface area contributed by atoms with Gasteiger partial charge in [-0.15, -0.1) is 0 Å². The van der Waals surface area contributed by atoms with Gasteiger partial charge in [0.05, 0.1) is 11.6 Å². The van der Waals surface area contributed by atoms with Crippen LogP contribution in [0.1, 0.15) is 60.5 Å². The van der Waals surface area contributed by atoms with Crippen LogP contribution in [0.2, 0.25) is 5.15 Å². The van der Waals surface area contributed by atoms with Crippen molar-refractivity contribution in [3.05, 3.63) is 38.9 Å². The monoisotopic (exact) mass is 526 g/mol. The second-order valence-corrected chi connectivity index (χ2v) is 9.09. The minimum absolute atomic E-state index is 0.0415. The number of halogens is 7. The van der Waals surface area contributed by atoms with Gasteiger partial charge in [0.25, 0.3) is 11.5 Å². The quantitative estimate of drug-likeness (QED) is 0.551. The third kappa shape index (κ3) is 6.27. The van der Waals surface area contributed by atoms with E-state index in [0.29, 0.717) is 43.2 Å². The summed E-state index contributed by atoms with van der Waals surface area (Å²) in [6.45, 7) is -1.38. The second kappa shape index (κ2) is 9.36. The predicted octanol–water partition coefficient (Wildman–Crippen LogP) is 4.16. The molecule has 2 aromatic rings. The van der Waals surface area contributed by atoms with Crippen LogP contribution in [0.3, 0.4) is 0 Å². The Hall–Kier alpha value is -2.77. The fourth-order valence-corrected chi connectivity index (χ4v) is 4.25. The molecule has 2 saturated carbocycles. The number of aromatic nitrogens is 4. The van der Waals surface area contributed by atoms with Gasteiger partial charge in [0.2, 0.25) is 0 Å². The summed E-state index contributed by atoms with van der Waals surface area (Å²) < 4.78 is 79.0. The van der Waals surface area contributed by atoms with Crippen LogP contribution in [-0.2, 0) is 12.7 Å². The molecule has 2 heterocycles. The smallest absolute Gasteiger partial charge is 0.366 e. The standard InChI is InChI=1S/C20H21ClF6N6O2/c21-16-13(8-32(31-16)9-19(22,23)24)17(34)29-11-3-1-10(2-4-11)28-15-7-14(20(25,26)27)18(35)33(30-15)12-5-6-12/h7-8,10-12H,1-6,9H2,(H,28,30)(H,29,34). The number of anilines is 1. The van der Waals surface area contributed by atoms with Crippen molar-refractivity contribution < 1.29 is 31.1 Å². The number of hydrogen-bond donors (Lipinski definition) is 2. The zero-order valence-corrected chi connectivity index (χ0v) is 18.8. The molecule has 0 bridgehead atoms. The molecule has 192 valence electrons. The van der Waals surface area contributed by atoms with E-state index in [4.69, 9.17) is 11.6 Å². The van der Waals surface area contributed by atoms with Crippen molar-refractivity contribution in [3.63, 3.8) is 0 Å². The number of carbonyl (C=O) groups excluding carboxylic acids is 1. The maximum atomic E-state index is 13.3. The number of amides is 1. The molecule has 1 amide bonds. The van der Waals surface area contributed by atoms with Gasteiger partial charge in [0.1, 0.15) is 17.9 Å². The van der Waals surface area contributed by atoms with Crippen LogP contribution in [0.5, 0.6) is 0 Å². The first kappa shape index (κ1) is 25.3. The van der Waals surface area contributed by atoms with Crippen LogP contribution in [0.4, 0.5) is 32.2 Å². The summed E-state index contributed by atoms with van der Waals surface area (Å²) in [6.07, 6.45) is -5.31. The first-order chi connectivity index (χ1) is 16.3. The van der Waals surface area contributed by atoms with Crippen LogP contribution >= 0.6 is 11.6 Å². The minimum Gasteiger partial charge on any atom is -0.366 e. The Kier molecular flexibility index (Phi) is 6.77. The highest BCUT2D eigenvalue weighted by Gasteiger charge is 2.38. The molecule has 35 heavy (non-hydrogen) atoms. The maximum Gasteiger partial charge on any atom is 0.421 e. The Morgan fingerprint density at radius 1 is 1.03 bits per heavy atom. The molecule has 4 rings (SSSR count). The Labute approximate surface area is 199 Å². The Bertz CT molecular complexity index is 1150. The van der Waals surface area contributed by atoms with Gasteiger partial charge >= 0.3 is 12.4 Å². The summed E-state index contributed by atoms with van der Waals surface area (Å²) >= 11 is 5.81. The number of rotatable bonds is 6. The van der Waals surface area contributed by atoms with E-state index < -0.39 is 35.9 Å². The van der Waals surface area contributed by atoms with E-state index in [-0.39, 0.29) is 34.7 Å². The van der Waals surface area contributed by atoms with E-state index in [9.17, 15) is 35.9 Å². The zero-order chi connectivity index (χ0) is 25.5.